The highest BCUT2D eigenvalue weighted by atomic mass is 16.5. The van der Waals surface area contributed by atoms with E-state index in [0.29, 0.717) is 18.0 Å². The first-order chi connectivity index (χ1) is 5.25. The number of carbonyl (C=O) groups excluding carboxylic acids is 1. The number of imidazole rings is 1. The Morgan fingerprint density at radius 3 is 3.00 bits per heavy atom. The number of carbonyl (C=O) groups is 1. The Bertz CT molecular complexity index is 255. The predicted octanol–water partition coefficient (Wildman–Crippen LogP) is 0.695. The number of aromatic amines is 1. The van der Waals surface area contributed by atoms with Crippen LogP contribution in [0.25, 0.3) is 0 Å². The molecule has 1 heterocycles. The summed E-state index contributed by atoms with van der Waals surface area (Å²) in [6.45, 7) is 3.85. The lowest BCUT2D eigenvalue weighted by Crippen LogP contribution is -2.06. The molecule has 0 fully saturated rings. The van der Waals surface area contributed by atoms with E-state index >= 15 is 0 Å². The van der Waals surface area contributed by atoms with Crippen molar-refractivity contribution in [2.75, 3.05) is 6.61 Å². The maximum absolute atomic E-state index is 11.0. The maximum Gasteiger partial charge on any atom is 0.356 e. The topological polar surface area (TPSA) is 55.0 Å². The van der Waals surface area contributed by atoms with E-state index in [1.165, 1.54) is 0 Å². The lowest BCUT2D eigenvalue weighted by molar-refractivity contribution is 0.0519. The first kappa shape index (κ1) is 7.78. The van der Waals surface area contributed by atoms with E-state index < -0.39 is 0 Å². The molecule has 1 aromatic rings. The fourth-order valence-corrected chi connectivity index (χ4v) is 0.716. The molecular weight excluding hydrogens is 144 g/mol. The average Bonchev–Trinajstić information content (AvgIpc) is 2.36. The quantitative estimate of drug-likeness (QED) is 0.636. The molecular formula is C7H9N2O2. The molecule has 1 aromatic heterocycles. The summed E-state index contributed by atoms with van der Waals surface area (Å²) in [7, 11) is 0. The third-order valence-corrected chi connectivity index (χ3v) is 1.25. The predicted molar refractivity (Wildman–Crippen MR) is 38.1 cm³/mol. The third-order valence-electron chi connectivity index (χ3n) is 1.25. The molecule has 1 radical (unpaired) electrons. The summed E-state index contributed by atoms with van der Waals surface area (Å²) in [4.78, 5) is 17.3. The Labute approximate surface area is 64.6 Å². The van der Waals surface area contributed by atoms with Crippen molar-refractivity contribution in [3.05, 3.63) is 17.7 Å². The number of hydrogen-bond acceptors (Lipinski definition) is 3. The van der Waals surface area contributed by atoms with Crippen LogP contribution in [-0.4, -0.2) is 22.5 Å². The second kappa shape index (κ2) is 3.18. The minimum atomic E-state index is -0.376. The number of rotatable bonds is 2. The van der Waals surface area contributed by atoms with Crippen LogP contribution in [0, 0.1) is 13.3 Å². The first-order valence-corrected chi connectivity index (χ1v) is 3.35. The molecule has 0 saturated heterocycles. The lowest BCUT2D eigenvalue weighted by Gasteiger charge is -1.97. The van der Waals surface area contributed by atoms with E-state index in [1.54, 1.807) is 13.8 Å². The summed E-state index contributed by atoms with van der Waals surface area (Å²) in [5, 5.41) is 0. The number of aryl methyl sites for hydroxylation is 1. The Morgan fingerprint density at radius 1 is 1.82 bits per heavy atom. The minimum Gasteiger partial charge on any atom is -0.461 e. The molecule has 0 atom stereocenters. The van der Waals surface area contributed by atoms with Crippen molar-refractivity contribution in [3.63, 3.8) is 0 Å². The van der Waals surface area contributed by atoms with Crippen LogP contribution in [0.3, 0.4) is 0 Å². The van der Waals surface area contributed by atoms with Crippen LogP contribution in [0.1, 0.15) is 23.1 Å². The number of hydrogen-bond donors (Lipinski definition) is 1. The van der Waals surface area contributed by atoms with E-state index in [4.69, 9.17) is 4.74 Å². The lowest BCUT2D eigenvalue weighted by atomic mass is 10.3. The van der Waals surface area contributed by atoms with Crippen LogP contribution >= 0.6 is 0 Å². The SMILES string of the molecule is CCOC(=O)c1[nH][c]nc1C. The van der Waals surface area contributed by atoms with Crippen molar-refractivity contribution in [1.82, 2.24) is 9.97 Å². The van der Waals surface area contributed by atoms with Gasteiger partial charge in [-0.15, -0.1) is 0 Å². The Hall–Kier alpha value is -1.32. The molecule has 0 aliphatic heterocycles. The van der Waals surface area contributed by atoms with Gasteiger partial charge in [-0.2, -0.15) is 0 Å². The fraction of sp³-hybridized carbons (Fsp3) is 0.429. The monoisotopic (exact) mass is 153 g/mol. The molecule has 0 saturated carbocycles. The zero-order chi connectivity index (χ0) is 8.27. The van der Waals surface area contributed by atoms with Crippen molar-refractivity contribution in [2.45, 2.75) is 13.8 Å². The smallest absolute Gasteiger partial charge is 0.356 e. The van der Waals surface area contributed by atoms with E-state index in [9.17, 15) is 4.79 Å². The summed E-state index contributed by atoms with van der Waals surface area (Å²) in [5.41, 5.74) is 0.996. The molecule has 0 spiro atoms. The van der Waals surface area contributed by atoms with Crippen LogP contribution in [0.15, 0.2) is 0 Å². The summed E-state index contributed by atoms with van der Waals surface area (Å²) in [6, 6.07) is 0. The number of nitrogens with zero attached hydrogens (tertiary/aromatic N) is 1. The van der Waals surface area contributed by atoms with Crippen molar-refractivity contribution in [2.24, 2.45) is 0 Å². The van der Waals surface area contributed by atoms with Crippen LogP contribution in [0.5, 0.6) is 0 Å². The van der Waals surface area contributed by atoms with Gasteiger partial charge in [0.15, 0.2) is 6.33 Å². The zero-order valence-corrected chi connectivity index (χ0v) is 6.47. The van der Waals surface area contributed by atoms with Gasteiger partial charge in [0.1, 0.15) is 5.69 Å². The van der Waals surface area contributed by atoms with Gasteiger partial charge in [-0.05, 0) is 13.8 Å². The van der Waals surface area contributed by atoms with Gasteiger partial charge in [-0.1, -0.05) is 0 Å². The van der Waals surface area contributed by atoms with Crippen molar-refractivity contribution in [3.8, 4) is 0 Å². The molecule has 0 aliphatic carbocycles. The van der Waals surface area contributed by atoms with Crippen molar-refractivity contribution in [1.29, 1.82) is 0 Å². The van der Waals surface area contributed by atoms with Gasteiger partial charge >= 0.3 is 5.97 Å². The van der Waals surface area contributed by atoms with Crippen LogP contribution < -0.4 is 0 Å². The van der Waals surface area contributed by atoms with Gasteiger partial charge in [-0.25, -0.2) is 9.78 Å². The summed E-state index contributed by atoms with van der Waals surface area (Å²) < 4.78 is 4.74. The third kappa shape index (κ3) is 1.58. The number of H-pyrrole nitrogens is 1. The Balaban J connectivity index is 2.76. The highest BCUT2D eigenvalue weighted by Gasteiger charge is 2.11. The van der Waals surface area contributed by atoms with Gasteiger partial charge in [0, 0.05) is 0 Å². The van der Waals surface area contributed by atoms with Crippen LogP contribution in [0.2, 0.25) is 0 Å². The second-order valence-corrected chi connectivity index (χ2v) is 2.03. The molecule has 0 aliphatic rings. The zero-order valence-electron chi connectivity index (χ0n) is 6.47. The maximum atomic E-state index is 11.0. The Morgan fingerprint density at radius 2 is 2.55 bits per heavy atom. The molecule has 0 bridgehead atoms. The summed E-state index contributed by atoms with van der Waals surface area (Å²) >= 11 is 0. The molecule has 1 rings (SSSR count). The van der Waals surface area contributed by atoms with E-state index in [1.807, 2.05) is 0 Å². The van der Waals surface area contributed by atoms with E-state index in [-0.39, 0.29) is 5.97 Å². The van der Waals surface area contributed by atoms with Gasteiger partial charge in [-0.3, -0.25) is 0 Å². The molecule has 0 amide bonds. The molecule has 4 nitrogen and oxygen atoms in total. The van der Waals surface area contributed by atoms with Crippen molar-refractivity contribution >= 4 is 5.97 Å². The molecule has 0 aromatic carbocycles. The highest BCUT2D eigenvalue weighted by Crippen LogP contribution is 2.01. The number of nitrogens with one attached hydrogen (secondary N) is 1. The number of ether oxygens (including phenoxy) is 1. The van der Waals surface area contributed by atoms with Gasteiger partial charge in [0.25, 0.3) is 0 Å². The minimum absolute atomic E-state index is 0.372. The number of aromatic nitrogens is 2. The van der Waals surface area contributed by atoms with Crippen molar-refractivity contribution < 1.29 is 9.53 Å². The first-order valence-electron chi connectivity index (χ1n) is 3.35. The van der Waals surface area contributed by atoms with E-state index in [0.717, 1.165) is 0 Å². The van der Waals surface area contributed by atoms with Gasteiger partial charge in [0.05, 0.1) is 12.3 Å². The molecule has 59 valence electrons. The average molecular weight is 153 g/mol. The van der Waals surface area contributed by atoms with E-state index in [2.05, 4.69) is 16.3 Å². The van der Waals surface area contributed by atoms with Gasteiger partial charge in [0.2, 0.25) is 0 Å². The standard InChI is InChI=1S/C7H9N2O2/c1-3-11-7(10)6-5(2)8-4-9-6/h3H2,1-2H3,(H,8,9). The second-order valence-electron chi connectivity index (χ2n) is 2.03. The normalized spacial score (nSPS) is 9.64. The van der Waals surface area contributed by atoms with Crippen LogP contribution in [0.4, 0.5) is 0 Å². The fourth-order valence-electron chi connectivity index (χ4n) is 0.716. The largest absolute Gasteiger partial charge is 0.461 e. The summed E-state index contributed by atoms with van der Waals surface area (Å²) in [6.07, 6.45) is 2.46. The Kier molecular flexibility index (Phi) is 2.25. The summed E-state index contributed by atoms with van der Waals surface area (Å²) in [5.74, 6) is -0.376. The molecule has 0 unspecified atom stereocenters. The molecule has 4 heteroatoms. The molecule has 11 heavy (non-hydrogen) atoms. The number of esters is 1. The van der Waals surface area contributed by atoms with Gasteiger partial charge < -0.3 is 9.72 Å². The highest BCUT2D eigenvalue weighted by molar-refractivity contribution is 5.88. The van der Waals surface area contributed by atoms with Crippen LogP contribution in [-0.2, 0) is 4.74 Å². The molecule has 1 N–H and O–H groups in total.